The van der Waals surface area contributed by atoms with Crippen LogP contribution in [0, 0.1) is 30.1 Å². The number of hydrogen-bond donors (Lipinski definition) is 1. The Labute approximate surface area is 183 Å². The molecule has 0 amide bonds. The second-order valence-corrected chi connectivity index (χ2v) is 10.3. The van der Waals surface area contributed by atoms with Crippen molar-refractivity contribution in [3.8, 4) is 22.8 Å². The molecule has 1 N–H and O–H groups in total. The monoisotopic (exact) mass is 414 g/mol. The van der Waals surface area contributed by atoms with Gasteiger partial charge in [0.05, 0.1) is 6.26 Å². The Morgan fingerprint density at radius 2 is 1.65 bits per heavy atom. The predicted octanol–water partition coefficient (Wildman–Crippen LogP) is 6.12. The Hall–Kier alpha value is -2.69. The summed E-state index contributed by atoms with van der Waals surface area (Å²) >= 11 is 0. The van der Waals surface area contributed by atoms with Gasteiger partial charge < -0.3 is 9.73 Å². The lowest BCUT2D eigenvalue weighted by molar-refractivity contribution is -0.0603. The van der Waals surface area contributed by atoms with Crippen LogP contribution in [-0.2, 0) is 0 Å². The highest BCUT2D eigenvalue weighted by Crippen LogP contribution is 2.61. The summed E-state index contributed by atoms with van der Waals surface area (Å²) in [5.41, 5.74) is 3.46. The first-order valence-electron chi connectivity index (χ1n) is 11.7. The van der Waals surface area contributed by atoms with E-state index in [1.54, 1.807) is 6.26 Å². The zero-order valence-corrected chi connectivity index (χ0v) is 18.3. The minimum atomic E-state index is 0.353. The fourth-order valence-corrected chi connectivity index (χ4v) is 6.91. The number of anilines is 1. The molecule has 7 rings (SSSR count). The van der Waals surface area contributed by atoms with Gasteiger partial charge in [0.2, 0.25) is 5.82 Å². The maximum atomic E-state index is 5.55. The van der Waals surface area contributed by atoms with Crippen LogP contribution < -0.4 is 5.32 Å². The van der Waals surface area contributed by atoms with Gasteiger partial charge in [0.15, 0.2) is 11.6 Å². The molecule has 1 aromatic carbocycles. The van der Waals surface area contributed by atoms with Crippen molar-refractivity contribution in [1.29, 1.82) is 0 Å². The highest BCUT2D eigenvalue weighted by molar-refractivity contribution is 5.72. The first-order valence-corrected chi connectivity index (χ1v) is 11.7. The van der Waals surface area contributed by atoms with Gasteiger partial charge in [-0.15, -0.1) is 10.2 Å². The third-order valence-electron chi connectivity index (χ3n) is 8.11. The van der Waals surface area contributed by atoms with Crippen molar-refractivity contribution < 1.29 is 4.42 Å². The van der Waals surface area contributed by atoms with Crippen molar-refractivity contribution >= 4 is 5.82 Å². The van der Waals surface area contributed by atoms with Gasteiger partial charge in [-0.3, -0.25) is 0 Å². The highest BCUT2D eigenvalue weighted by atomic mass is 16.3. The molecule has 4 aliphatic carbocycles. The molecule has 4 aliphatic rings. The van der Waals surface area contributed by atoms with Crippen LogP contribution in [0.1, 0.15) is 51.0 Å². The summed E-state index contributed by atoms with van der Waals surface area (Å²) in [6, 6.07) is 12.5. The van der Waals surface area contributed by atoms with Crippen molar-refractivity contribution in [3.63, 3.8) is 0 Å². The average molecular weight is 415 g/mol. The molecular weight excluding hydrogens is 384 g/mol. The molecule has 5 heteroatoms. The van der Waals surface area contributed by atoms with Crippen LogP contribution in [0.3, 0.4) is 0 Å². The largest absolute Gasteiger partial charge is 0.461 e. The first kappa shape index (κ1) is 19.0. The van der Waals surface area contributed by atoms with Crippen LogP contribution >= 0.6 is 0 Å². The predicted molar refractivity (Wildman–Crippen MR) is 121 cm³/mol. The quantitative estimate of drug-likeness (QED) is 0.544. The van der Waals surface area contributed by atoms with E-state index in [0.29, 0.717) is 23.0 Å². The van der Waals surface area contributed by atoms with Crippen molar-refractivity contribution in [2.45, 2.75) is 58.4 Å². The molecule has 3 aromatic rings. The van der Waals surface area contributed by atoms with Crippen LogP contribution in [0.2, 0.25) is 0 Å². The Kier molecular flexibility index (Phi) is 4.41. The topological polar surface area (TPSA) is 63.8 Å². The second-order valence-electron chi connectivity index (χ2n) is 10.3. The Bertz CT molecular complexity index is 1040. The van der Waals surface area contributed by atoms with Gasteiger partial charge in [0.25, 0.3) is 0 Å². The minimum Gasteiger partial charge on any atom is -0.461 e. The molecule has 5 nitrogen and oxygen atoms in total. The van der Waals surface area contributed by atoms with Crippen molar-refractivity contribution in [2.75, 3.05) is 5.32 Å². The normalized spacial score (nSPS) is 29.8. The first-order chi connectivity index (χ1) is 15.1. The third kappa shape index (κ3) is 3.35. The Morgan fingerprint density at radius 1 is 0.968 bits per heavy atom. The van der Waals surface area contributed by atoms with E-state index in [4.69, 9.17) is 9.40 Å². The molecule has 0 saturated heterocycles. The van der Waals surface area contributed by atoms with Crippen LogP contribution in [-0.4, -0.2) is 21.2 Å². The second kappa shape index (κ2) is 7.18. The summed E-state index contributed by atoms with van der Waals surface area (Å²) in [5.74, 6) is 4.76. The lowest BCUT2D eigenvalue weighted by atomic mass is 9.48. The zero-order valence-electron chi connectivity index (χ0n) is 18.3. The number of benzene rings is 1. The summed E-state index contributed by atoms with van der Waals surface area (Å²) in [7, 11) is 0. The summed E-state index contributed by atoms with van der Waals surface area (Å²) in [5, 5.41) is 12.8. The molecular formula is C26H30N4O. The van der Waals surface area contributed by atoms with Gasteiger partial charge in [-0.25, -0.2) is 4.98 Å². The molecule has 4 saturated carbocycles. The van der Waals surface area contributed by atoms with Gasteiger partial charge in [-0.1, -0.05) is 29.8 Å². The fourth-order valence-electron chi connectivity index (χ4n) is 6.91. The fraction of sp³-hybridized carbons (Fsp3) is 0.500. The molecule has 160 valence electrons. The average Bonchev–Trinajstić information content (AvgIpc) is 3.28. The van der Waals surface area contributed by atoms with Crippen LogP contribution in [0.4, 0.5) is 5.82 Å². The Balaban J connectivity index is 1.37. The van der Waals surface area contributed by atoms with Gasteiger partial charge >= 0.3 is 0 Å². The van der Waals surface area contributed by atoms with Gasteiger partial charge in [-0.05, 0) is 87.7 Å². The maximum absolute atomic E-state index is 5.55. The number of rotatable bonds is 5. The van der Waals surface area contributed by atoms with E-state index in [0.717, 1.165) is 34.8 Å². The van der Waals surface area contributed by atoms with E-state index in [-0.39, 0.29) is 0 Å². The molecule has 1 unspecified atom stereocenters. The smallest absolute Gasteiger partial charge is 0.219 e. The summed E-state index contributed by atoms with van der Waals surface area (Å²) < 4.78 is 5.55. The van der Waals surface area contributed by atoms with Crippen LogP contribution in [0.15, 0.2) is 47.1 Å². The molecule has 0 aliphatic heterocycles. The number of aromatic nitrogens is 3. The lowest BCUT2D eigenvalue weighted by Gasteiger charge is -2.59. The SMILES string of the molecule is Cc1ccc(-c2nnc(-c3ccco3)nc2NC(C)C23CC4CC(CC(C4)C2)C3)cc1. The minimum absolute atomic E-state index is 0.353. The lowest BCUT2D eigenvalue weighted by Crippen LogP contribution is -2.53. The summed E-state index contributed by atoms with van der Waals surface area (Å²) in [6.07, 6.45) is 10.1. The van der Waals surface area contributed by atoms with E-state index in [9.17, 15) is 0 Å². The van der Waals surface area contributed by atoms with Crippen molar-refractivity contribution in [3.05, 3.63) is 48.2 Å². The summed E-state index contributed by atoms with van der Waals surface area (Å²) in [4.78, 5) is 4.90. The zero-order chi connectivity index (χ0) is 21.0. The number of aryl methyl sites for hydroxylation is 1. The molecule has 2 heterocycles. The van der Waals surface area contributed by atoms with Crippen molar-refractivity contribution in [1.82, 2.24) is 15.2 Å². The third-order valence-corrected chi connectivity index (χ3v) is 8.11. The summed E-state index contributed by atoms with van der Waals surface area (Å²) in [6.45, 7) is 4.46. The van der Waals surface area contributed by atoms with E-state index in [2.05, 4.69) is 53.6 Å². The molecule has 4 fully saturated rings. The highest BCUT2D eigenvalue weighted by Gasteiger charge is 2.53. The molecule has 0 radical (unpaired) electrons. The van der Waals surface area contributed by atoms with E-state index in [1.807, 2.05) is 12.1 Å². The van der Waals surface area contributed by atoms with Crippen LogP contribution in [0.25, 0.3) is 22.8 Å². The van der Waals surface area contributed by atoms with Gasteiger partial charge in [0.1, 0.15) is 5.69 Å². The maximum Gasteiger partial charge on any atom is 0.219 e. The molecule has 4 bridgehead atoms. The number of nitrogens with zero attached hydrogens (tertiary/aromatic N) is 3. The Morgan fingerprint density at radius 3 is 2.26 bits per heavy atom. The molecule has 2 aromatic heterocycles. The standard InChI is InChI=1S/C26H30N4O/c1-16-5-7-21(8-6-16)23-25(28-24(30-29-23)22-4-3-9-31-22)27-17(2)26-13-18-10-19(14-26)12-20(11-18)15-26/h3-9,17-20H,10-15H2,1-2H3,(H,27,28,30). The van der Waals surface area contributed by atoms with Gasteiger partial charge in [0, 0.05) is 11.6 Å². The molecule has 31 heavy (non-hydrogen) atoms. The van der Waals surface area contributed by atoms with Crippen molar-refractivity contribution in [2.24, 2.45) is 23.2 Å². The van der Waals surface area contributed by atoms with Gasteiger partial charge in [-0.2, -0.15) is 0 Å². The number of furan rings is 1. The van der Waals surface area contributed by atoms with E-state index in [1.165, 1.54) is 44.1 Å². The molecule has 0 spiro atoms. The van der Waals surface area contributed by atoms with E-state index >= 15 is 0 Å². The molecule has 1 atom stereocenters. The number of nitrogens with one attached hydrogen (secondary N) is 1. The number of hydrogen-bond acceptors (Lipinski definition) is 5. The van der Waals surface area contributed by atoms with Crippen LogP contribution in [0.5, 0.6) is 0 Å². The van der Waals surface area contributed by atoms with E-state index < -0.39 is 0 Å².